The van der Waals surface area contributed by atoms with Gasteiger partial charge in [-0.15, -0.1) is 0 Å². The van der Waals surface area contributed by atoms with Crippen LogP contribution in [-0.2, 0) is 6.42 Å². The molecular weight excluding hydrogens is 162 g/mol. The van der Waals surface area contributed by atoms with Crippen molar-refractivity contribution in [3.8, 4) is 0 Å². The summed E-state index contributed by atoms with van der Waals surface area (Å²) in [5.41, 5.74) is 2.56. The second-order valence-electron chi connectivity index (χ2n) is 4.08. The molecule has 0 saturated heterocycles. The van der Waals surface area contributed by atoms with Gasteiger partial charge in [-0.2, -0.15) is 4.65 Å². The largest absolute Gasteiger partial charge is 0.217 e. The number of hydrogen-bond acceptors (Lipinski definition) is 1. The lowest BCUT2D eigenvalue weighted by Gasteiger charge is -2.19. The van der Waals surface area contributed by atoms with E-state index >= 15 is 0 Å². The van der Waals surface area contributed by atoms with E-state index in [-0.39, 0.29) is 4.65 Å². The van der Waals surface area contributed by atoms with Crippen LogP contribution >= 0.6 is 0 Å². The van der Waals surface area contributed by atoms with Crippen LogP contribution in [0.25, 0.3) is 0 Å². The Kier molecular flexibility index (Phi) is 3.07. The number of aryl methyl sites for hydroxylation is 1. The topological polar surface area (TPSA) is 20.2 Å². The van der Waals surface area contributed by atoms with Crippen molar-refractivity contribution in [3.63, 3.8) is 0 Å². The highest BCUT2D eigenvalue weighted by molar-refractivity contribution is 5.21. The second-order valence-corrected chi connectivity index (χ2v) is 4.08. The summed E-state index contributed by atoms with van der Waals surface area (Å²) in [7, 11) is 3.57. The van der Waals surface area contributed by atoms with Crippen LogP contribution in [0.15, 0.2) is 24.3 Å². The molecule has 0 aliphatic rings. The summed E-state index contributed by atoms with van der Waals surface area (Å²) in [4.78, 5) is 0. The van der Waals surface area contributed by atoms with Gasteiger partial charge < -0.3 is 0 Å². The minimum absolute atomic E-state index is 0.0356. The Morgan fingerprint density at radius 1 is 1.15 bits per heavy atom. The first kappa shape index (κ1) is 10.2. The van der Waals surface area contributed by atoms with Gasteiger partial charge in [-0.1, -0.05) is 29.8 Å². The summed E-state index contributed by atoms with van der Waals surface area (Å²) in [6, 6.07) is 8.44. The van der Waals surface area contributed by atoms with Crippen molar-refractivity contribution in [3.05, 3.63) is 35.4 Å². The van der Waals surface area contributed by atoms with Crippen LogP contribution in [0.5, 0.6) is 0 Å². The van der Waals surface area contributed by atoms with Gasteiger partial charge in [0.1, 0.15) is 6.54 Å². The third-order valence-electron chi connectivity index (χ3n) is 2.07. The summed E-state index contributed by atoms with van der Waals surface area (Å²) in [6.45, 7) is 2.83. The Labute approximate surface area is 80.0 Å². The number of likely N-dealkylation sites (N-methyl/N-ethyl adjacent to an activating group) is 1. The van der Waals surface area contributed by atoms with Crippen LogP contribution in [0.1, 0.15) is 11.1 Å². The van der Waals surface area contributed by atoms with Crippen molar-refractivity contribution >= 4 is 0 Å². The van der Waals surface area contributed by atoms with Gasteiger partial charge in [0.05, 0.1) is 14.1 Å². The highest BCUT2D eigenvalue weighted by Gasteiger charge is 2.09. The fourth-order valence-electron chi connectivity index (χ4n) is 1.16. The van der Waals surface area contributed by atoms with E-state index in [2.05, 4.69) is 31.2 Å². The van der Waals surface area contributed by atoms with Crippen LogP contribution in [-0.4, -0.2) is 30.5 Å². The Morgan fingerprint density at radius 2 is 1.69 bits per heavy atom. The highest BCUT2D eigenvalue weighted by Crippen LogP contribution is 2.05. The van der Waals surface area contributed by atoms with E-state index in [9.17, 15) is 5.21 Å². The van der Waals surface area contributed by atoms with Crippen LogP contribution in [0.4, 0.5) is 0 Å². The summed E-state index contributed by atoms with van der Waals surface area (Å²) in [6.07, 6.45) is 0.920. The van der Waals surface area contributed by atoms with Gasteiger partial charge in [-0.3, -0.25) is 0 Å². The Hall–Kier alpha value is -0.860. The van der Waals surface area contributed by atoms with Crippen LogP contribution < -0.4 is 0 Å². The number of hydrogen-bond donors (Lipinski definition) is 1. The molecule has 0 unspecified atom stereocenters. The molecule has 0 heterocycles. The van der Waals surface area contributed by atoms with Crippen LogP contribution in [0, 0.1) is 6.92 Å². The summed E-state index contributed by atoms with van der Waals surface area (Å²) in [5.74, 6) is 0. The molecule has 0 fully saturated rings. The minimum atomic E-state index is 0.0356. The van der Waals surface area contributed by atoms with Gasteiger partial charge in [0.25, 0.3) is 0 Å². The predicted molar refractivity (Wildman–Crippen MR) is 53.6 cm³/mol. The van der Waals surface area contributed by atoms with Crippen LogP contribution in [0.2, 0.25) is 0 Å². The summed E-state index contributed by atoms with van der Waals surface area (Å²) < 4.78 is 0.0356. The normalized spacial score (nSPS) is 11.7. The molecule has 0 aliphatic heterocycles. The Balaban J connectivity index is 2.51. The van der Waals surface area contributed by atoms with Crippen molar-refractivity contribution in [1.29, 1.82) is 0 Å². The van der Waals surface area contributed by atoms with E-state index in [0.29, 0.717) is 0 Å². The number of hydroxylamine groups is 3. The van der Waals surface area contributed by atoms with E-state index < -0.39 is 0 Å². The van der Waals surface area contributed by atoms with Crippen molar-refractivity contribution in [2.75, 3.05) is 20.6 Å². The molecule has 0 aliphatic carbocycles. The van der Waals surface area contributed by atoms with Crippen LogP contribution in [0.3, 0.4) is 0 Å². The van der Waals surface area contributed by atoms with E-state index in [1.54, 1.807) is 14.1 Å². The fraction of sp³-hybridized carbons (Fsp3) is 0.455. The van der Waals surface area contributed by atoms with Crippen molar-refractivity contribution in [1.82, 2.24) is 0 Å². The third-order valence-corrected chi connectivity index (χ3v) is 2.07. The molecule has 0 radical (unpaired) electrons. The molecule has 13 heavy (non-hydrogen) atoms. The average Bonchev–Trinajstić information content (AvgIpc) is 2.02. The molecule has 2 nitrogen and oxygen atoms in total. The monoisotopic (exact) mass is 180 g/mol. The zero-order valence-electron chi connectivity index (χ0n) is 8.62. The first-order valence-electron chi connectivity index (χ1n) is 4.59. The third kappa shape index (κ3) is 4.06. The number of nitrogens with zero attached hydrogens (tertiary/aromatic N) is 1. The summed E-state index contributed by atoms with van der Waals surface area (Å²) in [5, 5.41) is 9.47. The molecule has 1 aromatic carbocycles. The molecular formula is C11H18NO+. The fourth-order valence-corrected chi connectivity index (χ4v) is 1.16. The van der Waals surface area contributed by atoms with E-state index in [0.717, 1.165) is 13.0 Å². The molecule has 0 bridgehead atoms. The number of quaternary nitrogens is 1. The van der Waals surface area contributed by atoms with Gasteiger partial charge in [-0.05, 0) is 12.5 Å². The highest BCUT2D eigenvalue weighted by atomic mass is 16.5. The first-order chi connectivity index (χ1) is 5.97. The SMILES string of the molecule is Cc1ccc(CC[N+](C)(C)O)cc1. The molecule has 2 heteroatoms. The minimum Gasteiger partial charge on any atom is -0.217 e. The standard InChI is InChI=1S/C11H18NO/c1-10-4-6-11(7-5-10)8-9-12(2,3)13/h4-7,13H,8-9H2,1-3H3/q+1. The quantitative estimate of drug-likeness (QED) is 0.557. The van der Waals surface area contributed by atoms with Gasteiger partial charge in [-0.25, -0.2) is 5.21 Å². The van der Waals surface area contributed by atoms with Gasteiger partial charge in [0.15, 0.2) is 0 Å². The smallest absolute Gasteiger partial charge is 0.112 e. The maximum atomic E-state index is 9.47. The lowest BCUT2D eigenvalue weighted by atomic mass is 10.1. The second kappa shape index (κ2) is 3.90. The number of rotatable bonds is 3. The average molecular weight is 180 g/mol. The molecule has 0 aromatic heterocycles. The molecule has 0 amide bonds. The van der Waals surface area contributed by atoms with Gasteiger partial charge in [0, 0.05) is 6.42 Å². The first-order valence-corrected chi connectivity index (χ1v) is 4.59. The lowest BCUT2D eigenvalue weighted by molar-refractivity contribution is -1.07. The molecule has 0 spiro atoms. The Bertz CT molecular complexity index is 258. The Morgan fingerprint density at radius 3 is 2.15 bits per heavy atom. The predicted octanol–water partition coefficient (Wildman–Crippen LogP) is 2.00. The maximum Gasteiger partial charge on any atom is 0.112 e. The van der Waals surface area contributed by atoms with Gasteiger partial charge in [0.2, 0.25) is 0 Å². The molecule has 0 atom stereocenters. The van der Waals surface area contributed by atoms with Crippen molar-refractivity contribution in [2.24, 2.45) is 0 Å². The van der Waals surface area contributed by atoms with E-state index in [1.165, 1.54) is 11.1 Å². The lowest BCUT2D eigenvalue weighted by Crippen LogP contribution is -2.37. The number of benzene rings is 1. The zero-order valence-corrected chi connectivity index (χ0v) is 8.62. The van der Waals surface area contributed by atoms with E-state index in [4.69, 9.17) is 0 Å². The van der Waals surface area contributed by atoms with Gasteiger partial charge >= 0.3 is 0 Å². The molecule has 1 N–H and O–H groups in total. The molecule has 0 saturated carbocycles. The van der Waals surface area contributed by atoms with Crippen molar-refractivity contribution in [2.45, 2.75) is 13.3 Å². The molecule has 1 rings (SSSR count). The zero-order chi connectivity index (χ0) is 9.90. The molecule has 1 aromatic rings. The van der Waals surface area contributed by atoms with E-state index in [1.807, 2.05) is 0 Å². The summed E-state index contributed by atoms with van der Waals surface area (Å²) >= 11 is 0. The maximum absolute atomic E-state index is 9.47. The van der Waals surface area contributed by atoms with Crippen molar-refractivity contribution < 1.29 is 9.85 Å². The molecule has 72 valence electrons.